The maximum atomic E-state index is 13.1. The van der Waals surface area contributed by atoms with Crippen molar-refractivity contribution in [2.45, 2.75) is 23.6 Å². The molecule has 28 heavy (non-hydrogen) atoms. The van der Waals surface area contributed by atoms with Gasteiger partial charge in [-0.1, -0.05) is 18.2 Å². The van der Waals surface area contributed by atoms with E-state index in [0.717, 1.165) is 5.56 Å². The molecule has 1 saturated heterocycles. The molecule has 0 unspecified atom stereocenters. The summed E-state index contributed by atoms with van der Waals surface area (Å²) in [5.74, 6) is 0.634. The molecule has 2 aromatic carbocycles. The summed E-state index contributed by atoms with van der Waals surface area (Å²) in [5, 5.41) is 0. The van der Waals surface area contributed by atoms with Gasteiger partial charge in [0.2, 0.25) is 20.0 Å². The van der Waals surface area contributed by atoms with E-state index in [9.17, 15) is 16.8 Å². The van der Waals surface area contributed by atoms with Crippen molar-refractivity contribution in [1.29, 1.82) is 0 Å². The van der Waals surface area contributed by atoms with E-state index in [1.165, 1.54) is 8.61 Å². The van der Waals surface area contributed by atoms with Crippen LogP contribution in [0.15, 0.2) is 52.3 Å². The third-order valence-corrected chi connectivity index (χ3v) is 9.06. The number of piperazine rings is 1. The molecule has 0 aromatic heterocycles. The summed E-state index contributed by atoms with van der Waals surface area (Å²) in [6.45, 7) is 4.02. The molecule has 9 heteroatoms. The van der Waals surface area contributed by atoms with Crippen LogP contribution >= 0.6 is 0 Å². The van der Waals surface area contributed by atoms with Crippen LogP contribution in [0.4, 0.5) is 0 Å². The van der Waals surface area contributed by atoms with Crippen LogP contribution in [0.5, 0.6) is 5.75 Å². The molecule has 0 bridgehead atoms. The number of ether oxygens (including phenoxy) is 1. The molecular formula is C19H24N2O5S2. The molecule has 3 rings (SSSR count). The summed E-state index contributed by atoms with van der Waals surface area (Å²) in [7, 11) is -5.80. The molecule has 0 spiro atoms. The Morgan fingerprint density at radius 2 is 1.29 bits per heavy atom. The Labute approximate surface area is 166 Å². The first kappa shape index (κ1) is 20.8. The summed E-state index contributed by atoms with van der Waals surface area (Å²) in [6.07, 6.45) is 0. The molecule has 7 nitrogen and oxygen atoms in total. The van der Waals surface area contributed by atoms with Crippen molar-refractivity contribution in [2.75, 3.05) is 33.3 Å². The average Bonchev–Trinajstić information content (AvgIpc) is 2.70. The Hall–Kier alpha value is -1.94. The monoisotopic (exact) mass is 424 g/mol. The van der Waals surface area contributed by atoms with Crippen molar-refractivity contribution in [3.8, 4) is 5.75 Å². The fourth-order valence-corrected chi connectivity index (χ4v) is 6.45. The van der Waals surface area contributed by atoms with E-state index in [0.29, 0.717) is 11.3 Å². The molecule has 0 saturated carbocycles. The second kappa shape index (κ2) is 7.82. The molecule has 152 valence electrons. The van der Waals surface area contributed by atoms with Gasteiger partial charge in [0.05, 0.1) is 16.9 Å². The number of rotatable bonds is 5. The quantitative estimate of drug-likeness (QED) is 0.733. The zero-order valence-corrected chi connectivity index (χ0v) is 17.8. The highest BCUT2D eigenvalue weighted by Gasteiger charge is 2.34. The first-order valence-corrected chi connectivity index (χ1v) is 11.8. The highest BCUT2D eigenvalue weighted by Crippen LogP contribution is 2.29. The standard InChI is InChI=1S/C19H24N2O5S2/c1-15-16(2)19(10-9-18(15)26-3)28(24,25)21-13-11-20(12-14-21)27(22,23)17-7-5-4-6-8-17/h4-10H,11-14H2,1-3H3. The van der Waals surface area contributed by atoms with Gasteiger partial charge in [0.1, 0.15) is 5.75 Å². The number of sulfonamides is 2. The van der Waals surface area contributed by atoms with E-state index in [4.69, 9.17) is 4.74 Å². The maximum Gasteiger partial charge on any atom is 0.243 e. The van der Waals surface area contributed by atoms with Gasteiger partial charge in [-0.3, -0.25) is 0 Å². The van der Waals surface area contributed by atoms with Crippen LogP contribution in [-0.4, -0.2) is 58.7 Å². The zero-order valence-electron chi connectivity index (χ0n) is 16.1. The SMILES string of the molecule is COc1ccc(S(=O)(=O)N2CCN(S(=O)(=O)c3ccccc3)CC2)c(C)c1C. The fourth-order valence-electron chi connectivity index (χ4n) is 3.30. The zero-order chi connectivity index (χ0) is 20.5. The van der Waals surface area contributed by atoms with Crippen LogP contribution in [-0.2, 0) is 20.0 Å². The number of hydrogen-bond acceptors (Lipinski definition) is 5. The van der Waals surface area contributed by atoms with Gasteiger partial charge in [-0.05, 0) is 49.2 Å². The van der Waals surface area contributed by atoms with Crippen molar-refractivity contribution >= 4 is 20.0 Å². The van der Waals surface area contributed by atoms with Crippen LogP contribution in [0.1, 0.15) is 11.1 Å². The van der Waals surface area contributed by atoms with E-state index in [-0.39, 0.29) is 36.0 Å². The van der Waals surface area contributed by atoms with Crippen molar-refractivity contribution in [2.24, 2.45) is 0 Å². The minimum Gasteiger partial charge on any atom is -0.496 e. The van der Waals surface area contributed by atoms with Crippen molar-refractivity contribution in [3.05, 3.63) is 53.6 Å². The molecule has 0 radical (unpaired) electrons. The van der Waals surface area contributed by atoms with Gasteiger partial charge in [0.25, 0.3) is 0 Å². The van der Waals surface area contributed by atoms with Gasteiger partial charge in [-0.15, -0.1) is 0 Å². The van der Waals surface area contributed by atoms with E-state index in [2.05, 4.69) is 0 Å². The largest absolute Gasteiger partial charge is 0.496 e. The average molecular weight is 425 g/mol. The van der Waals surface area contributed by atoms with E-state index >= 15 is 0 Å². The lowest BCUT2D eigenvalue weighted by atomic mass is 10.1. The predicted molar refractivity (Wildman–Crippen MR) is 106 cm³/mol. The minimum atomic E-state index is -3.72. The Balaban J connectivity index is 1.81. The Kier molecular flexibility index (Phi) is 5.81. The topological polar surface area (TPSA) is 84.0 Å². The van der Waals surface area contributed by atoms with Crippen molar-refractivity contribution in [1.82, 2.24) is 8.61 Å². The predicted octanol–water partition coefficient (Wildman–Crippen LogP) is 2.01. The molecule has 0 amide bonds. The molecular weight excluding hydrogens is 400 g/mol. The van der Waals surface area contributed by atoms with E-state index in [1.807, 2.05) is 6.92 Å². The van der Waals surface area contributed by atoms with Crippen LogP contribution < -0.4 is 4.74 Å². The highest BCUT2D eigenvalue weighted by atomic mass is 32.2. The third-order valence-electron chi connectivity index (χ3n) is 5.10. The second-order valence-corrected chi connectivity index (χ2v) is 10.5. The molecule has 1 aliphatic heterocycles. The first-order chi connectivity index (χ1) is 13.2. The Morgan fingerprint density at radius 3 is 1.82 bits per heavy atom. The lowest BCUT2D eigenvalue weighted by Crippen LogP contribution is -2.50. The molecule has 1 heterocycles. The number of benzene rings is 2. The normalized spacial score (nSPS) is 16.8. The summed E-state index contributed by atoms with van der Waals surface area (Å²) < 4.78 is 59.6. The summed E-state index contributed by atoms with van der Waals surface area (Å²) >= 11 is 0. The van der Waals surface area contributed by atoms with Crippen LogP contribution in [0.2, 0.25) is 0 Å². The number of methoxy groups -OCH3 is 1. The molecule has 0 atom stereocenters. The molecule has 0 aliphatic carbocycles. The van der Waals surface area contributed by atoms with Crippen LogP contribution in [0, 0.1) is 13.8 Å². The molecule has 2 aromatic rings. The van der Waals surface area contributed by atoms with Gasteiger partial charge < -0.3 is 4.74 Å². The molecule has 0 N–H and O–H groups in total. The van der Waals surface area contributed by atoms with E-state index < -0.39 is 20.0 Å². The van der Waals surface area contributed by atoms with Gasteiger partial charge in [0, 0.05) is 26.2 Å². The lowest BCUT2D eigenvalue weighted by molar-refractivity contribution is 0.272. The minimum absolute atomic E-state index is 0.110. The number of nitrogens with zero attached hydrogens (tertiary/aromatic N) is 2. The molecule has 1 aliphatic rings. The van der Waals surface area contributed by atoms with Crippen LogP contribution in [0.3, 0.4) is 0 Å². The summed E-state index contributed by atoms with van der Waals surface area (Å²) in [4.78, 5) is 0.443. The van der Waals surface area contributed by atoms with Crippen molar-refractivity contribution in [3.63, 3.8) is 0 Å². The van der Waals surface area contributed by atoms with Crippen LogP contribution in [0.25, 0.3) is 0 Å². The first-order valence-electron chi connectivity index (χ1n) is 8.89. The van der Waals surface area contributed by atoms with Gasteiger partial charge >= 0.3 is 0 Å². The van der Waals surface area contributed by atoms with Gasteiger partial charge in [-0.2, -0.15) is 8.61 Å². The van der Waals surface area contributed by atoms with Crippen molar-refractivity contribution < 1.29 is 21.6 Å². The van der Waals surface area contributed by atoms with Gasteiger partial charge in [-0.25, -0.2) is 16.8 Å². The fraction of sp³-hybridized carbons (Fsp3) is 0.368. The lowest BCUT2D eigenvalue weighted by Gasteiger charge is -2.33. The Bertz CT molecular complexity index is 1060. The number of hydrogen-bond donors (Lipinski definition) is 0. The maximum absolute atomic E-state index is 13.1. The second-order valence-electron chi connectivity index (χ2n) is 6.64. The van der Waals surface area contributed by atoms with E-state index in [1.54, 1.807) is 56.5 Å². The third kappa shape index (κ3) is 3.67. The highest BCUT2D eigenvalue weighted by molar-refractivity contribution is 7.89. The summed E-state index contributed by atoms with van der Waals surface area (Å²) in [6, 6.07) is 11.4. The smallest absolute Gasteiger partial charge is 0.243 e. The Morgan fingerprint density at radius 1 is 0.750 bits per heavy atom. The molecule has 1 fully saturated rings. The van der Waals surface area contributed by atoms with Gasteiger partial charge in [0.15, 0.2) is 0 Å². The summed E-state index contributed by atoms with van der Waals surface area (Å²) in [5.41, 5.74) is 1.41.